The molecule has 1 amide bonds. The van der Waals surface area contributed by atoms with E-state index < -0.39 is 0 Å². The van der Waals surface area contributed by atoms with E-state index in [2.05, 4.69) is 25.7 Å². The van der Waals surface area contributed by atoms with Crippen molar-refractivity contribution in [2.75, 3.05) is 17.7 Å². The zero-order valence-corrected chi connectivity index (χ0v) is 14.4. The summed E-state index contributed by atoms with van der Waals surface area (Å²) in [6.07, 6.45) is 3.41. The molecule has 134 valence electrons. The summed E-state index contributed by atoms with van der Waals surface area (Å²) < 4.78 is 6.64. The number of methoxy groups -OCH3 is 1. The van der Waals surface area contributed by atoms with Crippen LogP contribution in [-0.4, -0.2) is 32.8 Å². The molecule has 3 N–H and O–H groups in total. The van der Waals surface area contributed by atoms with Crippen molar-refractivity contribution >= 4 is 34.3 Å². The van der Waals surface area contributed by atoms with Crippen molar-refractivity contribution in [1.82, 2.24) is 19.7 Å². The predicted octanol–water partition coefficient (Wildman–Crippen LogP) is 1.76. The van der Waals surface area contributed by atoms with Gasteiger partial charge in [-0.3, -0.25) is 19.4 Å². The van der Waals surface area contributed by atoms with Crippen LogP contribution in [0.15, 0.2) is 29.2 Å². The quantitative estimate of drug-likeness (QED) is 0.643. The molecular formula is C17H18N6O3. The number of aryl methyl sites for hydroxylation is 1. The van der Waals surface area contributed by atoms with E-state index in [0.29, 0.717) is 34.1 Å². The lowest BCUT2D eigenvalue weighted by atomic mass is 10.2. The van der Waals surface area contributed by atoms with E-state index >= 15 is 0 Å². The van der Waals surface area contributed by atoms with E-state index in [-0.39, 0.29) is 17.4 Å². The number of hydrogen-bond donors (Lipinski definition) is 3. The van der Waals surface area contributed by atoms with E-state index in [1.807, 2.05) is 0 Å². The third-order valence-electron chi connectivity index (χ3n) is 4.25. The van der Waals surface area contributed by atoms with Crippen LogP contribution in [0.3, 0.4) is 0 Å². The first-order chi connectivity index (χ1) is 12.6. The van der Waals surface area contributed by atoms with Crippen LogP contribution in [0.25, 0.3) is 11.0 Å². The Morgan fingerprint density at radius 2 is 2.23 bits per heavy atom. The highest BCUT2D eigenvalue weighted by molar-refractivity contribution is 5.97. The molecule has 4 rings (SSSR count). The lowest BCUT2D eigenvalue weighted by Crippen LogP contribution is -2.15. The second-order valence-corrected chi connectivity index (χ2v) is 6.20. The molecule has 3 heterocycles. The van der Waals surface area contributed by atoms with Gasteiger partial charge in [0.1, 0.15) is 11.2 Å². The lowest BCUT2D eigenvalue weighted by molar-refractivity contribution is -0.117. The minimum Gasteiger partial charge on any atom is -0.493 e. The van der Waals surface area contributed by atoms with Crippen LogP contribution >= 0.6 is 0 Å². The lowest BCUT2D eigenvalue weighted by Gasteiger charge is -2.11. The van der Waals surface area contributed by atoms with Crippen LogP contribution in [0.1, 0.15) is 12.8 Å². The number of amides is 1. The molecule has 9 heteroatoms. The minimum atomic E-state index is -0.232. The summed E-state index contributed by atoms with van der Waals surface area (Å²) >= 11 is 0. The van der Waals surface area contributed by atoms with Gasteiger partial charge in [0, 0.05) is 25.2 Å². The van der Waals surface area contributed by atoms with E-state index in [9.17, 15) is 9.59 Å². The van der Waals surface area contributed by atoms with Crippen LogP contribution in [0.5, 0.6) is 5.75 Å². The van der Waals surface area contributed by atoms with Gasteiger partial charge < -0.3 is 15.4 Å². The van der Waals surface area contributed by atoms with E-state index in [4.69, 9.17) is 4.74 Å². The van der Waals surface area contributed by atoms with Gasteiger partial charge in [0.25, 0.3) is 5.56 Å². The van der Waals surface area contributed by atoms with Crippen molar-refractivity contribution in [3.8, 4) is 5.75 Å². The van der Waals surface area contributed by atoms with Gasteiger partial charge in [-0.2, -0.15) is 0 Å². The van der Waals surface area contributed by atoms with Gasteiger partial charge in [0.2, 0.25) is 5.91 Å². The number of aromatic nitrogens is 4. The van der Waals surface area contributed by atoms with E-state index in [1.54, 1.807) is 38.6 Å². The number of anilines is 3. The molecule has 0 aromatic carbocycles. The Balaban J connectivity index is 1.80. The molecule has 0 radical (unpaired) electrons. The van der Waals surface area contributed by atoms with Crippen molar-refractivity contribution in [1.29, 1.82) is 0 Å². The topological polar surface area (TPSA) is 114 Å². The molecule has 0 aliphatic heterocycles. The molecule has 0 saturated heterocycles. The Bertz CT molecular complexity index is 1050. The Labute approximate surface area is 148 Å². The van der Waals surface area contributed by atoms with Crippen LogP contribution in [-0.2, 0) is 11.8 Å². The number of ether oxygens (including phenoxy) is 1. The largest absolute Gasteiger partial charge is 0.493 e. The number of carbonyl (C=O) groups excluding carboxylic acids is 1. The maximum Gasteiger partial charge on any atom is 0.277 e. The highest BCUT2D eigenvalue weighted by Gasteiger charge is 2.30. The highest BCUT2D eigenvalue weighted by atomic mass is 16.5. The summed E-state index contributed by atoms with van der Waals surface area (Å²) in [6.45, 7) is 0. The molecule has 0 bridgehead atoms. The fraction of sp³-hybridized carbons (Fsp3) is 0.294. The number of pyridine rings is 2. The summed E-state index contributed by atoms with van der Waals surface area (Å²) in [7, 11) is 3.15. The predicted molar refractivity (Wildman–Crippen MR) is 96.8 cm³/mol. The van der Waals surface area contributed by atoms with Gasteiger partial charge in [-0.15, -0.1) is 0 Å². The Kier molecular flexibility index (Phi) is 3.83. The van der Waals surface area contributed by atoms with Gasteiger partial charge in [0.15, 0.2) is 17.2 Å². The average Bonchev–Trinajstić information content (AvgIpc) is 3.43. The van der Waals surface area contributed by atoms with Crippen LogP contribution < -0.4 is 20.9 Å². The molecule has 1 aliphatic carbocycles. The zero-order valence-electron chi connectivity index (χ0n) is 14.4. The normalized spacial score (nSPS) is 13.6. The van der Waals surface area contributed by atoms with Crippen molar-refractivity contribution in [2.24, 2.45) is 13.0 Å². The number of carbonyl (C=O) groups is 1. The second-order valence-electron chi connectivity index (χ2n) is 6.20. The first kappa shape index (κ1) is 16.1. The molecule has 0 unspecified atom stereocenters. The van der Waals surface area contributed by atoms with Crippen LogP contribution in [0.4, 0.5) is 17.3 Å². The summed E-state index contributed by atoms with van der Waals surface area (Å²) in [4.78, 5) is 33.1. The fourth-order valence-electron chi connectivity index (χ4n) is 2.73. The number of hydrogen-bond acceptors (Lipinski definition) is 6. The Hall–Kier alpha value is -3.36. The minimum absolute atomic E-state index is 0.0506. The van der Waals surface area contributed by atoms with Gasteiger partial charge in [-0.1, -0.05) is 0 Å². The molecule has 26 heavy (non-hydrogen) atoms. The summed E-state index contributed by atoms with van der Waals surface area (Å²) in [5, 5.41) is 9.19. The monoisotopic (exact) mass is 354 g/mol. The highest BCUT2D eigenvalue weighted by Crippen LogP contribution is 2.32. The van der Waals surface area contributed by atoms with Gasteiger partial charge in [-0.25, -0.2) is 9.97 Å². The van der Waals surface area contributed by atoms with Crippen LogP contribution in [0.2, 0.25) is 0 Å². The maximum absolute atomic E-state index is 12.5. The standard InChI is InChI=1S/C17H18N6O3/c1-23-17(25)13-10(19-14-11(26-2)4-3-7-18-14)8-12(20-15(13)22-23)21-16(24)9-5-6-9/h3-4,7-9H,5-6H2,1-2H3,(H3,18,19,20,21,22,24). The second kappa shape index (κ2) is 6.17. The van der Waals surface area contributed by atoms with E-state index in [1.165, 1.54) is 4.68 Å². The zero-order chi connectivity index (χ0) is 18.3. The van der Waals surface area contributed by atoms with Gasteiger partial charge in [0.05, 0.1) is 12.8 Å². The van der Waals surface area contributed by atoms with Crippen molar-refractivity contribution in [2.45, 2.75) is 12.8 Å². The molecule has 1 fully saturated rings. The third kappa shape index (κ3) is 2.87. The summed E-state index contributed by atoms with van der Waals surface area (Å²) in [6, 6.07) is 5.15. The fourth-order valence-corrected chi connectivity index (χ4v) is 2.73. The number of rotatable bonds is 5. The Morgan fingerprint density at radius 1 is 1.42 bits per heavy atom. The maximum atomic E-state index is 12.5. The average molecular weight is 354 g/mol. The summed E-state index contributed by atoms with van der Waals surface area (Å²) in [5.41, 5.74) is 0.633. The smallest absolute Gasteiger partial charge is 0.277 e. The van der Waals surface area contributed by atoms with Gasteiger partial charge >= 0.3 is 0 Å². The molecule has 1 saturated carbocycles. The first-order valence-electron chi connectivity index (χ1n) is 8.23. The van der Waals surface area contributed by atoms with E-state index in [0.717, 1.165) is 12.8 Å². The molecular weight excluding hydrogens is 336 g/mol. The number of fused-ring (bicyclic) bond motifs is 1. The number of nitrogens with zero attached hydrogens (tertiary/aromatic N) is 3. The Morgan fingerprint density at radius 3 is 2.96 bits per heavy atom. The molecule has 0 atom stereocenters. The molecule has 3 aromatic heterocycles. The summed E-state index contributed by atoms with van der Waals surface area (Å²) in [5.74, 6) is 1.36. The molecule has 9 nitrogen and oxygen atoms in total. The van der Waals surface area contributed by atoms with Crippen molar-refractivity contribution < 1.29 is 9.53 Å². The molecule has 1 aliphatic rings. The van der Waals surface area contributed by atoms with Crippen molar-refractivity contribution in [3.05, 3.63) is 34.7 Å². The number of aromatic amines is 1. The first-order valence-corrected chi connectivity index (χ1v) is 8.23. The number of H-pyrrole nitrogens is 1. The molecule has 0 spiro atoms. The third-order valence-corrected chi connectivity index (χ3v) is 4.25. The number of nitrogens with one attached hydrogen (secondary N) is 3. The van der Waals surface area contributed by atoms with Crippen molar-refractivity contribution in [3.63, 3.8) is 0 Å². The van der Waals surface area contributed by atoms with Crippen LogP contribution in [0, 0.1) is 5.92 Å². The SMILES string of the molecule is COc1cccnc1Nc1cc(NC(=O)C2CC2)nc2[nH]n(C)c(=O)c12. The molecule has 3 aromatic rings. The van der Waals surface area contributed by atoms with Gasteiger partial charge in [-0.05, 0) is 25.0 Å².